The molecule has 3 fully saturated rings. The highest BCUT2D eigenvalue weighted by molar-refractivity contribution is 8.26. The SMILES string of the molecule is CCCn1c(N2CCCC(C)C2)c(/C=C2\SC(=S)N(C3CCCC3)C2=O)c(C)c(C#N)c1=O. The molecule has 3 heterocycles. The van der Waals surface area contributed by atoms with E-state index in [1.54, 1.807) is 9.47 Å². The molecule has 33 heavy (non-hydrogen) atoms. The lowest BCUT2D eigenvalue weighted by Gasteiger charge is -2.36. The Hall–Kier alpha value is -2.11. The number of nitrogens with zero attached hydrogens (tertiary/aromatic N) is 4. The van der Waals surface area contributed by atoms with Crippen LogP contribution in [-0.4, -0.2) is 38.8 Å². The summed E-state index contributed by atoms with van der Waals surface area (Å²) in [7, 11) is 0. The first-order chi connectivity index (χ1) is 15.9. The summed E-state index contributed by atoms with van der Waals surface area (Å²) in [6.45, 7) is 8.36. The fourth-order valence-electron chi connectivity index (χ4n) is 5.39. The van der Waals surface area contributed by atoms with Gasteiger partial charge in [0.2, 0.25) is 0 Å². The van der Waals surface area contributed by atoms with E-state index in [0.29, 0.717) is 27.3 Å². The van der Waals surface area contributed by atoms with Crippen LogP contribution in [0.25, 0.3) is 6.08 Å². The largest absolute Gasteiger partial charge is 0.357 e. The molecule has 3 aliphatic rings. The van der Waals surface area contributed by atoms with Gasteiger partial charge < -0.3 is 4.90 Å². The number of nitriles is 1. The molecule has 4 rings (SSSR count). The number of thiocarbonyl (C=S) groups is 1. The molecule has 6 nitrogen and oxygen atoms in total. The number of aromatic nitrogens is 1. The summed E-state index contributed by atoms with van der Waals surface area (Å²) in [4.78, 5) is 31.3. The highest BCUT2D eigenvalue weighted by Crippen LogP contribution is 2.40. The van der Waals surface area contributed by atoms with Gasteiger partial charge in [-0.05, 0) is 56.6 Å². The maximum Gasteiger partial charge on any atom is 0.270 e. The van der Waals surface area contributed by atoms with E-state index in [1.165, 1.54) is 18.2 Å². The topological polar surface area (TPSA) is 69.3 Å². The third-order valence-electron chi connectivity index (χ3n) is 7.04. The van der Waals surface area contributed by atoms with Crippen molar-refractivity contribution in [3.63, 3.8) is 0 Å². The van der Waals surface area contributed by atoms with E-state index in [9.17, 15) is 14.9 Å². The zero-order valence-electron chi connectivity index (χ0n) is 19.7. The highest BCUT2D eigenvalue weighted by atomic mass is 32.2. The molecular formula is C25H32N4O2S2. The van der Waals surface area contributed by atoms with Crippen molar-refractivity contribution in [2.75, 3.05) is 18.0 Å². The van der Waals surface area contributed by atoms with E-state index >= 15 is 0 Å². The number of piperidine rings is 1. The van der Waals surface area contributed by atoms with Crippen molar-refractivity contribution in [2.45, 2.75) is 78.3 Å². The third kappa shape index (κ3) is 4.50. The maximum atomic E-state index is 13.4. The van der Waals surface area contributed by atoms with Crippen LogP contribution in [0.15, 0.2) is 9.70 Å². The molecule has 1 aromatic heterocycles. The normalized spacial score (nSPS) is 23.1. The van der Waals surface area contributed by atoms with Crippen LogP contribution in [0.5, 0.6) is 0 Å². The van der Waals surface area contributed by atoms with E-state index in [2.05, 4.69) is 17.9 Å². The monoisotopic (exact) mass is 484 g/mol. The van der Waals surface area contributed by atoms with Crippen LogP contribution < -0.4 is 10.5 Å². The predicted molar refractivity (Wildman–Crippen MR) is 138 cm³/mol. The van der Waals surface area contributed by atoms with Crippen molar-refractivity contribution in [3.05, 3.63) is 31.9 Å². The van der Waals surface area contributed by atoms with E-state index in [0.717, 1.165) is 63.0 Å². The predicted octanol–water partition coefficient (Wildman–Crippen LogP) is 4.82. The van der Waals surface area contributed by atoms with Gasteiger partial charge in [-0.3, -0.25) is 19.1 Å². The minimum absolute atomic E-state index is 0.0407. The second-order valence-electron chi connectivity index (χ2n) is 9.49. The zero-order valence-corrected chi connectivity index (χ0v) is 21.4. The van der Waals surface area contributed by atoms with Crippen molar-refractivity contribution in [1.82, 2.24) is 9.47 Å². The van der Waals surface area contributed by atoms with E-state index in [-0.39, 0.29) is 23.1 Å². The van der Waals surface area contributed by atoms with Gasteiger partial charge in [0.15, 0.2) is 0 Å². The Bertz CT molecular complexity index is 1100. The first-order valence-corrected chi connectivity index (χ1v) is 13.3. The average molecular weight is 485 g/mol. The minimum atomic E-state index is -0.235. The number of anilines is 1. The Morgan fingerprint density at radius 2 is 1.94 bits per heavy atom. The van der Waals surface area contributed by atoms with E-state index < -0.39 is 0 Å². The molecular weight excluding hydrogens is 452 g/mol. The molecule has 0 spiro atoms. The molecule has 1 aromatic rings. The van der Waals surface area contributed by atoms with Gasteiger partial charge in [-0.25, -0.2) is 0 Å². The van der Waals surface area contributed by atoms with Crippen LogP contribution in [0.2, 0.25) is 0 Å². The molecule has 176 valence electrons. The van der Waals surface area contributed by atoms with E-state index in [1.807, 2.05) is 19.9 Å². The van der Waals surface area contributed by atoms with Gasteiger partial charge >= 0.3 is 0 Å². The first-order valence-electron chi connectivity index (χ1n) is 12.1. The van der Waals surface area contributed by atoms with Crippen LogP contribution in [0.3, 0.4) is 0 Å². The Morgan fingerprint density at radius 3 is 2.58 bits per heavy atom. The molecule has 1 aliphatic carbocycles. The first kappa shape index (κ1) is 24.0. The van der Waals surface area contributed by atoms with Crippen molar-refractivity contribution in [3.8, 4) is 6.07 Å². The van der Waals surface area contributed by atoms with Crippen molar-refractivity contribution in [2.24, 2.45) is 5.92 Å². The lowest BCUT2D eigenvalue weighted by atomic mass is 9.98. The molecule has 2 saturated heterocycles. The second kappa shape index (κ2) is 10.0. The van der Waals surface area contributed by atoms with Crippen LogP contribution in [0.4, 0.5) is 5.82 Å². The molecule has 0 bridgehead atoms. The fourth-order valence-corrected chi connectivity index (χ4v) is 6.77. The summed E-state index contributed by atoms with van der Waals surface area (Å²) in [5.74, 6) is 1.32. The number of pyridine rings is 1. The summed E-state index contributed by atoms with van der Waals surface area (Å²) in [6, 6.07) is 2.32. The Labute approximate surface area is 205 Å². The number of amides is 1. The van der Waals surface area contributed by atoms with Crippen molar-refractivity contribution >= 4 is 46.1 Å². The number of rotatable bonds is 5. The smallest absolute Gasteiger partial charge is 0.270 e. The second-order valence-corrected chi connectivity index (χ2v) is 11.2. The molecule has 2 aliphatic heterocycles. The van der Waals surface area contributed by atoms with Crippen LogP contribution in [0, 0.1) is 24.2 Å². The van der Waals surface area contributed by atoms with Crippen LogP contribution >= 0.6 is 24.0 Å². The van der Waals surface area contributed by atoms with Gasteiger partial charge in [0.1, 0.15) is 21.8 Å². The zero-order chi connectivity index (χ0) is 23.7. The average Bonchev–Trinajstić information content (AvgIpc) is 3.40. The minimum Gasteiger partial charge on any atom is -0.357 e. The van der Waals surface area contributed by atoms with Gasteiger partial charge in [0.25, 0.3) is 11.5 Å². The highest BCUT2D eigenvalue weighted by Gasteiger charge is 2.38. The molecule has 1 saturated carbocycles. The Balaban J connectivity index is 1.87. The Kier molecular flexibility index (Phi) is 7.30. The molecule has 8 heteroatoms. The molecule has 1 unspecified atom stereocenters. The van der Waals surface area contributed by atoms with Gasteiger partial charge in [-0.2, -0.15) is 5.26 Å². The Morgan fingerprint density at radius 1 is 1.21 bits per heavy atom. The number of hydrogen-bond donors (Lipinski definition) is 0. The molecule has 0 aromatic carbocycles. The summed E-state index contributed by atoms with van der Waals surface area (Å²) >= 11 is 6.94. The number of thioether (sulfide) groups is 1. The third-order valence-corrected chi connectivity index (χ3v) is 8.37. The van der Waals surface area contributed by atoms with Gasteiger partial charge in [-0.15, -0.1) is 0 Å². The summed E-state index contributed by atoms with van der Waals surface area (Å²) in [5, 5.41) is 9.80. The number of carbonyl (C=O) groups excluding carboxylic acids is 1. The van der Waals surface area contributed by atoms with Crippen LogP contribution in [0.1, 0.15) is 75.5 Å². The van der Waals surface area contributed by atoms with E-state index in [4.69, 9.17) is 12.2 Å². The lowest BCUT2D eigenvalue weighted by Crippen LogP contribution is -2.40. The molecule has 1 amide bonds. The van der Waals surface area contributed by atoms with Gasteiger partial charge in [-0.1, -0.05) is 50.7 Å². The number of carbonyl (C=O) groups is 1. The summed E-state index contributed by atoms with van der Waals surface area (Å²) in [5.41, 5.74) is 1.38. The molecule has 0 N–H and O–H groups in total. The maximum absolute atomic E-state index is 13.4. The quantitative estimate of drug-likeness (QED) is 0.441. The summed E-state index contributed by atoms with van der Waals surface area (Å²) in [6.07, 6.45) is 9.15. The molecule has 0 radical (unpaired) electrons. The summed E-state index contributed by atoms with van der Waals surface area (Å²) < 4.78 is 2.37. The standard InChI is InChI=1S/C25H32N4O2S2/c1-4-11-28-22(27-12-7-8-16(2)15-27)19(17(3)20(14-26)23(28)30)13-21-24(31)29(25(32)33-21)18-9-5-6-10-18/h13,16,18H,4-12,15H2,1-3H3/b21-13-. The fraction of sp³-hybridized carbons (Fsp3) is 0.600. The molecule has 1 atom stereocenters. The van der Waals surface area contributed by atoms with Gasteiger partial charge in [0.05, 0.1) is 4.91 Å². The van der Waals surface area contributed by atoms with Crippen molar-refractivity contribution in [1.29, 1.82) is 5.26 Å². The van der Waals surface area contributed by atoms with Crippen LogP contribution in [-0.2, 0) is 11.3 Å². The van der Waals surface area contributed by atoms with Crippen molar-refractivity contribution < 1.29 is 4.79 Å². The van der Waals surface area contributed by atoms with Gasteiger partial charge in [0, 0.05) is 31.2 Å². The lowest BCUT2D eigenvalue weighted by molar-refractivity contribution is -0.123. The number of hydrogen-bond acceptors (Lipinski definition) is 6.